The second-order valence-corrected chi connectivity index (χ2v) is 6.79. The van der Waals surface area contributed by atoms with Gasteiger partial charge < -0.3 is 10.2 Å². The predicted molar refractivity (Wildman–Crippen MR) is 95.4 cm³/mol. The second kappa shape index (κ2) is 7.13. The quantitative estimate of drug-likeness (QED) is 0.876. The van der Waals surface area contributed by atoms with Crippen molar-refractivity contribution in [2.45, 2.75) is 19.9 Å². The molecule has 0 bridgehead atoms. The molecule has 2 heterocycles. The average molecular weight is 388 g/mol. The van der Waals surface area contributed by atoms with E-state index in [0.717, 1.165) is 21.5 Å². The lowest BCUT2D eigenvalue weighted by Crippen LogP contribution is -2.32. The Hall–Kier alpha value is -2.21. The van der Waals surface area contributed by atoms with Gasteiger partial charge in [0.15, 0.2) is 0 Å². The van der Waals surface area contributed by atoms with E-state index in [1.165, 1.54) is 0 Å². The van der Waals surface area contributed by atoms with Crippen molar-refractivity contribution in [2.75, 3.05) is 11.4 Å². The molecule has 24 heavy (non-hydrogen) atoms. The summed E-state index contributed by atoms with van der Waals surface area (Å²) in [5.74, 6) is -0.465. The van der Waals surface area contributed by atoms with E-state index in [9.17, 15) is 9.59 Å². The largest absolute Gasteiger partial charge is 0.350 e. The van der Waals surface area contributed by atoms with Crippen LogP contribution < -0.4 is 10.2 Å². The van der Waals surface area contributed by atoms with E-state index in [-0.39, 0.29) is 24.2 Å². The Balaban J connectivity index is 1.61. The number of carbonyl (C=O) groups excluding carboxylic acids is 2. The molecule has 1 aliphatic rings. The van der Waals surface area contributed by atoms with E-state index in [1.807, 2.05) is 49.4 Å². The number of amides is 2. The molecule has 1 aliphatic heterocycles. The van der Waals surface area contributed by atoms with Gasteiger partial charge in [-0.1, -0.05) is 28.1 Å². The summed E-state index contributed by atoms with van der Waals surface area (Å²) < 4.78 is 0.909. The first kappa shape index (κ1) is 16.6. The van der Waals surface area contributed by atoms with Crippen molar-refractivity contribution < 1.29 is 9.59 Å². The zero-order valence-electron chi connectivity index (χ0n) is 13.3. The Morgan fingerprint density at radius 2 is 2.12 bits per heavy atom. The van der Waals surface area contributed by atoms with Gasteiger partial charge in [-0.15, -0.1) is 0 Å². The van der Waals surface area contributed by atoms with Gasteiger partial charge in [-0.3, -0.25) is 14.6 Å². The Labute approximate surface area is 149 Å². The highest BCUT2D eigenvalue weighted by Gasteiger charge is 2.35. The fraction of sp³-hybridized carbons (Fsp3) is 0.278. The van der Waals surface area contributed by atoms with Gasteiger partial charge in [0, 0.05) is 28.8 Å². The maximum absolute atomic E-state index is 12.4. The summed E-state index contributed by atoms with van der Waals surface area (Å²) in [5, 5.41) is 2.88. The standard InChI is InChI=1S/C18H18BrN3O2/c1-12-4-2-6-15(21-12)10-20-18(24)13-8-17(23)22(11-13)16-7-3-5-14(19)9-16/h2-7,9,13H,8,10-11H2,1H3,(H,20,24). The van der Waals surface area contributed by atoms with Crippen LogP contribution in [-0.4, -0.2) is 23.3 Å². The first-order valence-electron chi connectivity index (χ1n) is 7.79. The van der Waals surface area contributed by atoms with Crippen molar-refractivity contribution >= 4 is 33.4 Å². The molecule has 2 amide bonds. The summed E-state index contributed by atoms with van der Waals surface area (Å²) in [6, 6.07) is 13.2. The molecule has 3 rings (SSSR count). The molecular formula is C18H18BrN3O2. The molecule has 1 unspecified atom stereocenters. The van der Waals surface area contributed by atoms with E-state index in [2.05, 4.69) is 26.2 Å². The summed E-state index contributed by atoms with van der Waals surface area (Å²) >= 11 is 3.41. The monoisotopic (exact) mass is 387 g/mol. The number of nitrogens with one attached hydrogen (secondary N) is 1. The Morgan fingerprint density at radius 1 is 1.33 bits per heavy atom. The maximum Gasteiger partial charge on any atom is 0.227 e. The molecule has 0 radical (unpaired) electrons. The van der Waals surface area contributed by atoms with Crippen LogP contribution in [0.4, 0.5) is 5.69 Å². The van der Waals surface area contributed by atoms with Gasteiger partial charge in [0.2, 0.25) is 11.8 Å². The van der Waals surface area contributed by atoms with Gasteiger partial charge >= 0.3 is 0 Å². The maximum atomic E-state index is 12.4. The molecule has 5 nitrogen and oxygen atoms in total. The Bertz CT molecular complexity index is 778. The molecule has 1 aromatic heterocycles. The first-order chi connectivity index (χ1) is 11.5. The number of benzene rings is 1. The van der Waals surface area contributed by atoms with Crippen LogP contribution in [0.5, 0.6) is 0 Å². The molecule has 1 aromatic carbocycles. The van der Waals surface area contributed by atoms with Gasteiger partial charge in [-0.25, -0.2) is 0 Å². The lowest BCUT2D eigenvalue weighted by Gasteiger charge is -2.17. The smallest absolute Gasteiger partial charge is 0.227 e. The third-order valence-corrected chi connectivity index (χ3v) is 4.50. The molecule has 124 valence electrons. The number of aryl methyl sites for hydroxylation is 1. The number of anilines is 1. The topological polar surface area (TPSA) is 62.3 Å². The molecule has 1 fully saturated rings. The summed E-state index contributed by atoms with van der Waals surface area (Å²) in [5.41, 5.74) is 2.54. The van der Waals surface area contributed by atoms with Crippen LogP contribution in [0.15, 0.2) is 46.9 Å². The van der Waals surface area contributed by atoms with Crippen LogP contribution >= 0.6 is 15.9 Å². The highest BCUT2D eigenvalue weighted by atomic mass is 79.9. The molecule has 6 heteroatoms. The molecule has 1 N–H and O–H groups in total. The Morgan fingerprint density at radius 3 is 2.88 bits per heavy atom. The molecule has 0 saturated carbocycles. The van der Waals surface area contributed by atoms with Crippen molar-refractivity contribution in [3.63, 3.8) is 0 Å². The molecule has 1 saturated heterocycles. The van der Waals surface area contributed by atoms with Crippen LogP contribution in [0.2, 0.25) is 0 Å². The van der Waals surface area contributed by atoms with E-state index in [4.69, 9.17) is 0 Å². The van der Waals surface area contributed by atoms with E-state index in [0.29, 0.717) is 13.1 Å². The van der Waals surface area contributed by atoms with Crippen LogP contribution in [-0.2, 0) is 16.1 Å². The highest BCUT2D eigenvalue weighted by molar-refractivity contribution is 9.10. The van der Waals surface area contributed by atoms with Crippen molar-refractivity contribution in [2.24, 2.45) is 5.92 Å². The number of pyridine rings is 1. The fourth-order valence-corrected chi connectivity index (χ4v) is 3.18. The number of halogens is 1. The normalized spacial score (nSPS) is 17.2. The number of nitrogens with zero attached hydrogens (tertiary/aromatic N) is 2. The number of hydrogen-bond acceptors (Lipinski definition) is 3. The fourth-order valence-electron chi connectivity index (χ4n) is 2.80. The Kier molecular flexibility index (Phi) is 4.94. The third-order valence-electron chi connectivity index (χ3n) is 4.01. The molecule has 0 spiro atoms. The number of rotatable bonds is 4. The number of hydrogen-bond donors (Lipinski definition) is 1. The number of aromatic nitrogens is 1. The second-order valence-electron chi connectivity index (χ2n) is 5.87. The van der Waals surface area contributed by atoms with Crippen LogP contribution in [0.25, 0.3) is 0 Å². The predicted octanol–water partition coefficient (Wildman–Crippen LogP) is 2.82. The van der Waals surface area contributed by atoms with E-state index >= 15 is 0 Å². The van der Waals surface area contributed by atoms with Crippen molar-refractivity contribution in [3.05, 3.63) is 58.3 Å². The van der Waals surface area contributed by atoms with Crippen molar-refractivity contribution in [1.82, 2.24) is 10.3 Å². The summed E-state index contributed by atoms with van der Waals surface area (Å²) in [4.78, 5) is 30.6. The third kappa shape index (κ3) is 3.82. The molecular weight excluding hydrogens is 370 g/mol. The van der Waals surface area contributed by atoms with Gasteiger partial charge in [0.05, 0.1) is 18.2 Å². The van der Waals surface area contributed by atoms with Gasteiger partial charge in [0.25, 0.3) is 0 Å². The summed E-state index contributed by atoms with van der Waals surface area (Å²) in [6.07, 6.45) is 0.236. The van der Waals surface area contributed by atoms with Crippen LogP contribution in [0.1, 0.15) is 17.8 Å². The minimum Gasteiger partial charge on any atom is -0.350 e. The van der Waals surface area contributed by atoms with Gasteiger partial charge in [-0.05, 0) is 37.3 Å². The zero-order valence-corrected chi connectivity index (χ0v) is 14.9. The lowest BCUT2D eigenvalue weighted by atomic mass is 10.1. The first-order valence-corrected chi connectivity index (χ1v) is 8.58. The minimum absolute atomic E-state index is 0.0260. The van der Waals surface area contributed by atoms with E-state index < -0.39 is 0 Å². The SMILES string of the molecule is Cc1cccc(CNC(=O)C2CC(=O)N(c3cccc(Br)c3)C2)n1. The molecule has 2 aromatic rings. The van der Waals surface area contributed by atoms with E-state index in [1.54, 1.807) is 4.90 Å². The minimum atomic E-state index is -0.332. The van der Waals surface area contributed by atoms with Crippen LogP contribution in [0.3, 0.4) is 0 Å². The molecule has 1 atom stereocenters. The lowest BCUT2D eigenvalue weighted by molar-refractivity contribution is -0.126. The molecule has 0 aliphatic carbocycles. The summed E-state index contributed by atoms with van der Waals surface area (Å²) in [7, 11) is 0. The summed E-state index contributed by atoms with van der Waals surface area (Å²) in [6.45, 7) is 2.70. The van der Waals surface area contributed by atoms with Crippen molar-refractivity contribution in [3.8, 4) is 0 Å². The van der Waals surface area contributed by atoms with Gasteiger partial charge in [-0.2, -0.15) is 0 Å². The number of carbonyl (C=O) groups is 2. The van der Waals surface area contributed by atoms with Gasteiger partial charge in [0.1, 0.15) is 0 Å². The highest BCUT2D eigenvalue weighted by Crippen LogP contribution is 2.27. The van der Waals surface area contributed by atoms with Crippen molar-refractivity contribution in [1.29, 1.82) is 0 Å². The average Bonchev–Trinajstić information content (AvgIpc) is 2.95. The zero-order chi connectivity index (χ0) is 17.1. The van der Waals surface area contributed by atoms with Crippen LogP contribution in [0, 0.1) is 12.8 Å².